The Kier molecular flexibility index (Phi) is 13.7. The zero-order valence-electron chi connectivity index (χ0n) is 24.4. The molecule has 38 heavy (non-hydrogen) atoms. The third-order valence-corrected chi connectivity index (χ3v) is 7.07. The quantitative estimate of drug-likeness (QED) is 0.198. The number of nitrogens with zero attached hydrogens (tertiary/aromatic N) is 1. The predicted molar refractivity (Wildman–Crippen MR) is 164 cm³/mol. The lowest BCUT2D eigenvalue weighted by Gasteiger charge is -2.23. The van der Waals surface area contributed by atoms with Crippen LogP contribution >= 0.6 is 15.9 Å². The van der Waals surface area contributed by atoms with Crippen molar-refractivity contribution in [3.63, 3.8) is 0 Å². The summed E-state index contributed by atoms with van der Waals surface area (Å²) in [6, 6.07) is 16.3. The maximum Gasteiger partial charge on any atom is 0.251 e. The number of rotatable bonds is 12. The van der Waals surface area contributed by atoms with Crippen LogP contribution in [0.5, 0.6) is 0 Å². The number of benzene rings is 2. The molecule has 0 saturated heterocycles. The maximum absolute atomic E-state index is 12.4. The zero-order valence-corrected chi connectivity index (χ0v) is 26.0. The number of hydrogen-bond acceptors (Lipinski definition) is 4. The molecule has 2 atom stereocenters. The van der Waals surface area contributed by atoms with Crippen molar-refractivity contribution in [3.8, 4) is 0 Å². The van der Waals surface area contributed by atoms with E-state index in [0.29, 0.717) is 30.2 Å². The Hall–Kier alpha value is -2.02. The van der Waals surface area contributed by atoms with Crippen LogP contribution in [0.1, 0.15) is 102 Å². The molecule has 210 valence electrons. The van der Waals surface area contributed by atoms with Gasteiger partial charge in [0.1, 0.15) is 0 Å². The van der Waals surface area contributed by atoms with Crippen LogP contribution in [-0.2, 0) is 4.74 Å². The molecule has 1 aliphatic rings. The van der Waals surface area contributed by atoms with Gasteiger partial charge < -0.3 is 15.4 Å². The minimum atomic E-state index is -0.0380. The van der Waals surface area contributed by atoms with Gasteiger partial charge in [0, 0.05) is 41.8 Å². The first kappa shape index (κ1) is 32.2. The second-order valence-electron chi connectivity index (χ2n) is 11.2. The number of carbonyl (C=O) groups is 1. The average molecular weight is 587 g/mol. The lowest BCUT2D eigenvalue weighted by molar-refractivity contribution is 0.0934. The number of amides is 1. The lowest BCUT2D eigenvalue weighted by atomic mass is 9.94. The van der Waals surface area contributed by atoms with Gasteiger partial charge in [0.25, 0.3) is 5.91 Å². The summed E-state index contributed by atoms with van der Waals surface area (Å²) in [5.41, 5.74) is 4.51. The van der Waals surface area contributed by atoms with Crippen LogP contribution < -0.4 is 10.6 Å². The molecule has 0 aromatic heterocycles. The summed E-state index contributed by atoms with van der Waals surface area (Å²) in [6.45, 7) is 17.4. The number of nitrogens with one attached hydrogen (secondary N) is 2. The molecular weight excluding hydrogens is 538 g/mol. The van der Waals surface area contributed by atoms with E-state index in [0.717, 1.165) is 34.3 Å². The molecule has 0 radical (unpaired) electrons. The fraction of sp³-hybridized carbons (Fsp3) is 0.562. The number of ether oxygens (including phenoxy) is 1. The lowest BCUT2D eigenvalue weighted by Crippen LogP contribution is -2.36. The van der Waals surface area contributed by atoms with E-state index in [1.54, 1.807) is 0 Å². The highest BCUT2D eigenvalue weighted by atomic mass is 79.9. The minimum Gasteiger partial charge on any atom is -0.378 e. The van der Waals surface area contributed by atoms with Gasteiger partial charge in [0.15, 0.2) is 0 Å². The van der Waals surface area contributed by atoms with Crippen LogP contribution in [0, 0.1) is 5.41 Å². The predicted octanol–water partition coefficient (Wildman–Crippen LogP) is 7.74. The molecule has 0 spiro atoms. The Balaban J connectivity index is 0.000000757. The van der Waals surface area contributed by atoms with Gasteiger partial charge in [0.2, 0.25) is 0 Å². The monoisotopic (exact) mass is 585 g/mol. The number of hydrogen-bond donors (Lipinski definition) is 2. The van der Waals surface area contributed by atoms with E-state index in [9.17, 15) is 4.79 Å². The van der Waals surface area contributed by atoms with Crippen molar-refractivity contribution in [2.75, 3.05) is 19.7 Å². The Morgan fingerprint density at radius 1 is 1.08 bits per heavy atom. The van der Waals surface area contributed by atoms with Crippen molar-refractivity contribution in [2.45, 2.75) is 92.3 Å². The van der Waals surface area contributed by atoms with Crippen LogP contribution in [0.4, 0.5) is 0 Å². The summed E-state index contributed by atoms with van der Waals surface area (Å²) >= 11 is 3.55. The van der Waals surface area contributed by atoms with Crippen LogP contribution in [-0.4, -0.2) is 43.5 Å². The standard InChI is InChI=1S/C26H34BrN3O2.C6H14/c1-4-28-25(22-7-5-8-23(27)17-22)19(3)30-18(2)20-9-11-21(12-10-20)26(31)29-15-6-16-32-24-13-14-24;1-5-6(2,3)4/h5,7-12,17-19,24,30H,4,6,13-16H2,1-3H3,(H,29,31);5H2,1-4H3. The molecule has 1 saturated carbocycles. The molecule has 2 unspecified atom stereocenters. The number of aliphatic imine (C=N–C) groups is 1. The summed E-state index contributed by atoms with van der Waals surface area (Å²) in [5, 5.41) is 6.62. The van der Waals surface area contributed by atoms with E-state index < -0.39 is 0 Å². The summed E-state index contributed by atoms with van der Waals surface area (Å²) in [5.74, 6) is -0.0380. The van der Waals surface area contributed by atoms with Crippen molar-refractivity contribution in [1.29, 1.82) is 0 Å². The van der Waals surface area contributed by atoms with Crippen molar-refractivity contribution in [3.05, 3.63) is 69.7 Å². The first-order chi connectivity index (χ1) is 18.0. The Bertz CT molecular complexity index is 1010. The van der Waals surface area contributed by atoms with Gasteiger partial charge in [0.05, 0.1) is 11.8 Å². The van der Waals surface area contributed by atoms with Crippen molar-refractivity contribution in [2.24, 2.45) is 10.4 Å². The minimum absolute atomic E-state index is 0.0380. The number of carbonyl (C=O) groups excluding carboxylic acids is 1. The average Bonchev–Trinajstić information content (AvgIpc) is 3.71. The molecule has 0 aliphatic heterocycles. The summed E-state index contributed by atoms with van der Waals surface area (Å²) in [4.78, 5) is 17.1. The van der Waals surface area contributed by atoms with Gasteiger partial charge in [-0.25, -0.2) is 0 Å². The van der Waals surface area contributed by atoms with Crippen LogP contribution in [0.25, 0.3) is 0 Å². The van der Waals surface area contributed by atoms with Gasteiger partial charge >= 0.3 is 0 Å². The van der Waals surface area contributed by atoms with Gasteiger partial charge in [-0.3, -0.25) is 9.79 Å². The van der Waals surface area contributed by atoms with E-state index in [4.69, 9.17) is 9.73 Å². The third-order valence-electron chi connectivity index (χ3n) is 6.58. The smallest absolute Gasteiger partial charge is 0.251 e. The summed E-state index contributed by atoms with van der Waals surface area (Å²) in [7, 11) is 0. The molecule has 2 aromatic carbocycles. The molecule has 0 bridgehead atoms. The third kappa shape index (κ3) is 12.2. The van der Waals surface area contributed by atoms with Crippen molar-refractivity contribution < 1.29 is 9.53 Å². The molecule has 1 fully saturated rings. The van der Waals surface area contributed by atoms with Crippen LogP contribution in [0.3, 0.4) is 0 Å². The normalized spacial score (nSPS) is 15.3. The van der Waals surface area contributed by atoms with Crippen LogP contribution in [0.15, 0.2) is 58.0 Å². The zero-order chi connectivity index (χ0) is 28.1. The highest BCUT2D eigenvalue weighted by Gasteiger charge is 2.21. The first-order valence-corrected chi connectivity index (χ1v) is 14.9. The summed E-state index contributed by atoms with van der Waals surface area (Å²) < 4.78 is 6.66. The van der Waals surface area contributed by atoms with Crippen LogP contribution in [0.2, 0.25) is 0 Å². The molecule has 1 amide bonds. The summed E-state index contributed by atoms with van der Waals surface area (Å²) in [6.07, 6.45) is 4.95. The molecule has 3 rings (SSSR count). The van der Waals surface area contributed by atoms with Crippen molar-refractivity contribution >= 4 is 27.5 Å². The Morgan fingerprint density at radius 3 is 2.29 bits per heavy atom. The fourth-order valence-electron chi connectivity index (χ4n) is 3.63. The van der Waals surface area contributed by atoms with Gasteiger partial charge in [-0.2, -0.15) is 0 Å². The molecule has 0 heterocycles. The molecule has 2 aromatic rings. The molecule has 6 heteroatoms. The number of halogens is 1. The maximum atomic E-state index is 12.4. The molecule has 5 nitrogen and oxygen atoms in total. The molecular formula is C32H48BrN3O2. The second kappa shape index (κ2) is 16.2. The highest BCUT2D eigenvalue weighted by molar-refractivity contribution is 9.10. The van der Waals surface area contributed by atoms with E-state index in [-0.39, 0.29) is 18.0 Å². The highest BCUT2D eigenvalue weighted by Crippen LogP contribution is 2.23. The Morgan fingerprint density at radius 2 is 1.74 bits per heavy atom. The van der Waals surface area contributed by atoms with E-state index >= 15 is 0 Å². The second-order valence-corrected chi connectivity index (χ2v) is 12.1. The van der Waals surface area contributed by atoms with Gasteiger partial charge in [-0.1, -0.05) is 74.3 Å². The SMILES string of the molecule is CCC(C)(C)C.CCN=C(c1cccc(Br)c1)C(C)NC(C)c1ccc(C(=O)NCCCOC2CC2)cc1. The van der Waals surface area contributed by atoms with Gasteiger partial charge in [-0.15, -0.1) is 0 Å². The fourth-order valence-corrected chi connectivity index (χ4v) is 4.03. The van der Waals surface area contributed by atoms with E-state index in [1.165, 1.54) is 19.3 Å². The molecule has 2 N–H and O–H groups in total. The van der Waals surface area contributed by atoms with Gasteiger partial charge in [-0.05, 0) is 80.8 Å². The van der Waals surface area contributed by atoms with E-state index in [2.05, 4.69) is 87.2 Å². The first-order valence-electron chi connectivity index (χ1n) is 14.1. The van der Waals surface area contributed by atoms with E-state index in [1.807, 2.05) is 36.4 Å². The topological polar surface area (TPSA) is 62.7 Å². The largest absolute Gasteiger partial charge is 0.378 e. The molecule has 1 aliphatic carbocycles. The Labute approximate surface area is 239 Å². The van der Waals surface area contributed by atoms with Crippen molar-refractivity contribution in [1.82, 2.24) is 10.6 Å².